The molecule has 0 aliphatic heterocycles. The first-order valence-corrected chi connectivity index (χ1v) is 31.4. The highest BCUT2D eigenvalue weighted by Crippen LogP contribution is 2.19. The third-order valence-corrected chi connectivity index (χ3v) is 14.1. The first-order valence-electron chi connectivity index (χ1n) is 31.4. The van der Waals surface area contributed by atoms with E-state index in [0.29, 0.717) is 12.3 Å². The molecule has 5 heteroatoms. The Morgan fingerprint density at radius 3 is 1.06 bits per heavy atom. The molecule has 1 amide bonds. The number of carbonyl (C=O) groups is 1. The molecule has 0 N–H and O–H groups in total. The highest BCUT2D eigenvalue weighted by Gasteiger charge is 2.16. The molecule has 2 atom stereocenters. The Hall–Kier alpha value is -1.69. The number of rotatable bonds is 55. The molecule has 420 valence electrons. The molecule has 0 heterocycles. The number of unbranched alkanes of at least 4 members (excludes halogenated alkanes) is 30. The maximum Gasteiger partial charge on any atom is 0.222 e. The molecular formula is C66H128N2O3. The van der Waals surface area contributed by atoms with Gasteiger partial charge in [0.15, 0.2) is 0 Å². The summed E-state index contributed by atoms with van der Waals surface area (Å²) in [5.74, 6) is 1.36. The predicted octanol–water partition coefficient (Wildman–Crippen LogP) is 20.6. The molecule has 0 aromatic carbocycles. The van der Waals surface area contributed by atoms with E-state index in [1.165, 1.54) is 244 Å². The lowest BCUT2D eigenvalue weighted by Gasteiger charge is -2.19. The zero-order valence-electron chi connectivity index (χ0n) is 49.6. The summed E-state index contributed by atoms with van der Waals surface area (Å²) in [7, 11) is 8.10. The van der Waals surface area contributed by atoms with Crippen molar-refractivity contribution in [2.24, 2.45) is 11.8 Å². The summed E-state index contributed by atoms with van der Waals surface area (Å²) in [6, 6.07) is 0. The number of hydrogen-bond donors (Lipinski definition) is 0. The maximum absolute atomic E-state index is 12.2. The van der Waals surface area contributed by atoms with Crippen LogP contribution in [0.15, 0.2) is 48.6 Å². The van der Waals surface area contributed by atoms with Crippen LogP contribution in [0, 0.1) is 11.8 Å². The monoisotopic (exact) mass is 997 g/mol. The van der Waals surface area contributed by atoms with Crippen molar-refractivity contribution in [3.63, 3.8) is 0 Å². The van der Waals surface area contributed by atoms with Gasteiger partial charge in [0.05, 0.1) is 0 Å². The van der Waals surface area contributed by atoms with Gasteiger partial charge in [0, 0.05) is 46.9 Å². The number of carbonyl (C=O) groups excluding carboxylic acids is 1. The first kappa shape index (κ1) is 71.4. The molecule has 2 unspecified atom stereocenters. The molecule has 0 bridgehead atoms. The van der Waals surface area contributed by atoms with Gasteiger partial charge in [-0.3, -0.25) is 4.79 Å². The lowest BCUT2D eigenvalue weighted by Crippen LogP contribution is -2.26. The van der Waals surface area contributed by atoms with E-state index in [4.69, 9.17) is 9.47 Å². The van der Waals surface area contributed by atoms with Gasteiger partial charge in [-0.25, -0.2) is 0 Å². The van der Waals surface area contributed by atoms with Gasteiger partial charge >= 0.3 is 0 Å². The quantitative estimate of drug-likeness (QED) is 0.0450. The van der Waals surface area contributed by atoms with Crippen molar-refractivity contribution in [3.8, 4) is 0 Å². The predicted molar refractivity (Wildman–Crippen MR) is 319 cm³/mol. The lowest BCUT2D eigenvalue weighted by molar-refractivity contribution is -0.130. The summed E-state index contributed by atoms with van der Waals surface area (Å²) in [6.45, 7) is 13.8. The normalized spacial score (nSPS) is 12.9. The number of ether oxygens (including phenoxy) is 2. The van der Waals surface area contributed by atoms with Crippen molar-refractivity contribution < 1.29 is 14.3 Å². The molecule has 0 rings (SSSR count). The molecule has 0 saturated heterocycles. The Labute approximate surface area is 447 Å². The highest BCUT2D eigenvalue weighted by atomic mass is 16.5. The van der Waals surface area contributed by atoms with Crippen molar-refractivity contribution >= 4 is 5.91 Å². The van der Waals surface area contributed by atoms with Crippen LogP contribution in [0.1, 0.15) is 297 Å². The molecule has 5 nitrogen and oxygen atoms in total. The van der Waals surface area contributed by atoms with Crippen LogP contribution in [0.4, 0.5) is 0 Å². The summed E-state index contributed by atoms with van der Waals surface area (Å²) in [6.07, 6.45) is 73.2. The van der Waals surface area contributed by atoms with Gasteiger partial charge in [0.2, 0.25) is 5.91 Å². The van der Waals surface area contributed by atoms with E-state index in [-0.39, 0.29) is 5.91 Å². The maximum atomic E-state index is 12.2. The highest BCUT2D eigenvalue weighted by molar-refractivity contribution is 5.75. The molecule has 0 aliphatic rings. The molecule has 0 radical (unpaired) electrons. The van der Waals surface area contributed by atoms with Crippen molar-refractivity contribution in [1.82, 2.24) is 9.80 Å². The van der Waals surface area contributed by atoms with Gasteiger partial charge in [-0.2, -0.15) is 0 Å². The van der Waals surface area contributed by atoms with Crippen LogP contribution in [0.2, 0.25) is 0 Å². The fraction of sp³-hybridized carbons (Fsp3) is 0.864. The zero-order chi connectivity index (χ0) is 52.2. The summed E-state index contributed by atoms with van der Waals surface area (Å²) >= 11 is 0. The number of hydrogen-bond acceptors (Lipinski definition) is 4. The van der Waals surface area contributed by atoms with E-state index in [2.05, 4.69) is 95.3 Å². The molecular weight excluding hydrogens is 869 g/mol. The van der Waals surface area contributed by atoms with Crippen molar-refractivity contribution in [2.45, 2.75) is 297 Å². The summed E-state index contributed by atoms with van der Waals surface area (Å²) in [4.78, 5) is 16.3. The molecule has 0 aliphatic carbocycles. The van der Waals surface area contributed by atoms with Gasteiger partial charge in [-0.1, -0.05) is 243 Å². The summed E-state index contributed by atoms with van der Waals surface area (Å²) < 4.78 is 12.1. The van der Waals surface area contributed by atoms with Crippen LogP contribution in [-0.2, 0) is 14.3 Å². The topological polar surface area (TPSA) is 42.0 Å². The summed E-state index contributed by atoms with van der Waals surface area (Å²) in [5.41, 5.74) is 0. The van der Waals surface area contributed by atoms with Crippen LogP contribution in [0.25, 0.3) is 0 Å². The van der Waals surface area contributed by atoms with Gasteiger partial charge in [-0.15, -0.1) is 0 Å². The number of allylic oxidation sites excluding steroid dienone is 8. The van der Waals surface area contributed by atoms with Gasteiger partial charge in [0.1, 0.15) is 0 Å². The lowest BCUT2D eigenvalue weighted by atomic mass is 9.97. The van der Waals surface area contributed by atoms with Crippen LogP contribution < -0.4 is 0 Å². The second kappa shape index (κ2) is 62.6. The zero-order valence-corrected chi connectivity index (χ0v) is 49.6. The number of amides is 1. The van der Waals surface area contributed by atoms with Gasteiger partial charge in [-0.05, 0) is 129 Å². The van der Waals surface area contributed by atoms with E-state index in [1.807, 2.05) is 14.1 Å². The summed E-state index contributed by atoms with van der Waals surface area (Å²) in [5, 5.41) is 0. The Kier molecular flexibility index (Phi) is 62.9. The van der Waals surface area contributed by atoms with E-state index >= 15 is 0 Å². The average Bonchev–Trinajstić information content (AvgIpc) is 3.36. The minimum Gasteiger partial charge on any atom is -0.381 e. The largest absolute Gasteiger partial charge is 0.381 e. The van der Waals surface area contributed by atoms with Crippen LogP contribution in [-0.4, -0.2) is 76.9 Å². The third kappa shape index (κ3) is 62.5. The van der Waals surface area contributed by atoms with Gasteiger partial charge in [0.25, 0.3) is 0 Å². The third-order valence-electron chi connectivity index (χ3n) is 14.1. The van der Waals surface area contributed by atoms with E-state index in [0.717, 1.165) is 58.0 Å². The molecule has 0 aromatic heterocycles. The average molecular weight is 998 g/mol. The smallest absolute Gasteiger partial charge is 0.222 e. The molecule has 0 aromatic rings. The van der Waals surface area contributed by atoms with Crippen LogP contribution in [0.5, 0.6) is 0 Å². The molecule has 71 heavy (non-hydrogen) atoms. The van der Waals surface area contributed by atoms with Crippen molar-refractivity contribution in [3.05, 3.63) is 48.6 Å². The Bertz CT molecular complexity index is 1130. The van der Waals surface area contributed by atoms with Gasteiger partial charge < -0.3 is 19.3 Å². The molecule has 0 saturated carbocycles. The molecule has 0 spiro atoms. The number of nitrogens with zero attached hydrogens (tertiary/aromatic N) is 2. The van der Waals surface area contributed by atoms with Crippen LogP contribution >= 0.6 is 0 Å². The van der Waals surface area contributed by atoms with Crippen molar-refractivity contribution in [1.29, 1.82) is 0 Å². The fourth-order valence-electron chi connectivity index (χ4n) is 9.09. The Morgan fingerprint density at radius 1 is 0.366 bits per heavy atom. The first-order chi connectivity index (χ1) is 34.8. The van der Waals surface area contributed by atoms with E-state index in [9.17, 15) is 4.79 Å². The Balaban J connectivity index is 0. The van der Waals surface area contributed by atoms with E-state index in [1.54, 1.807) is 4.90 Å². The van der Waals surface area contributed by atoms with Crippen molar-refractivity contribution in [2.75, 3.05) is 61.2 Å². The standard InChI is InChI=1S/C33H63NO2.C33H65NO/c1-5-7-9-11-13-14-15-16-17-18-19-20-21-23-25-27-29-36-31-32(30-33(35)34(3)4)28-26-24-22-12-10-8-6-2;1-5-7-9-11-13-14-15-16-17-18-19-20-21-23-25-27-31-35-32-33(29-30-34(3)4)28-26-24-22-12-10-8-6-2/h13-14,16-17,32H,5-12,15,18-31H2,1-4H3;13-14,16-17,33H,5-12,15,18-32H2,1-4H3/b2*14-13-,17-16-. The SMILES string of the molecule is CCCCC/C=C\C/C=C\CCCCCCCCOCC(CCCCCCCCC)CC(=O)N(C)C.CCCCC/C=C\C/C=C\CCCCCCCCOCC(CCCCCCCCC)CCN(C)C. The minimum absolute atomic E-state index is 0.236. The van der Waals surface area contributed by atoms with Crippen LogP contribution in [0.3, 0.4) is 0 Å². The van der Waals surface area contributed by atoms with E-state index < -0.39 is 0 Å². The second-order valence-corrected chi connectivity index (χ2v) is 22.0. The molecule has 0 fully saturated rings. The Morgan fingerprint density at radius 2 is 0.676 bits per heavy atom. The second-order valence-electron chi connectivity index (χ2n) is 22.0. The fourth-order valence-corrected chi connectivity index (χ4v) is 9.09. The minimum atomic E-state index is 0.236.